The predicted molar refractivity (Wildman–Crippen MR) is 156 cm³/mol. The smallest absolute Gasteiger partial charge is 0.429 e. The number of rotatable bonds is 8. The Hall–Kier alpha value is -3.25. The summed E-state index contributed by atoms with van der Waals surface area (Å²) in [6.45, 7) is 0. The summed E-state index contributed by atoms with van der Waals surface area (Å²) in [5, 5.41) is 11.1. The van der Waals surface area contributed by atoms with E-state index in [1.807, 2.05) is 11.5 Å². The number of hydrogen-bond acceptors (Lipinski definition) is 6. The van der Waals surface area contributed by atoms with Crippen molar-refractivity contribution in [2.45, 2.75) is 44.0 Å². The Kier molecular flexibility index (Phi) is 9.77. The molecule has 0 spiro atoms. The quantitative estimate of drug-likeness (QED) is 0.188. The van der Waals surface area contributed by atoms with Crippen LogP contribution in [0.25, 0.3) is 26.9 Å². The maximum atomic E-state index is 14.5. The molecule has 6 nitrogen and oxygen atoms in total. The van der Waals surface area contributed by atoms with Gasteiger partial charge in [-0.2, -0.15) is 13.2 Å². The molecule has 4 aromatic rings. The Bertz CT molecular complexity index is 1610. The van der Waals surface area contributed by atoms with Gasteiger partial charge in [-0.05, 0) is 72.6 Å². The third kappa shape index (κ3) is 6.86. The average Bonchev–Trinajstić information content (AvgIpc) is 3.37. The number of alkyl halides is 3. The fourth-order valence-corrected chi connectivity index (χ4v) is 6.15. The van der Waals surface area contributed by atoms with Crippen LogP contribution in [0.4, 0.5) is 17.6 Å². The number of nitrogens with zero attached hydrogens (tertiary/aromatic N) is 2. The summed E-state index contributed by atoms with van der Waals surface area (Å²) in [4.78, 5) is 19.5. The van der Waals surface area contributed by atoms with Gasteiger partial charge in [0, 0.05) is 21.5 Å². The normalized spacial score (nSPS) is 16.8. The minimum atomic E-state index is -4.82. The summed E-state index contributed by atoms with van der Waals surface area (Å²) in [5.41, 5.74) is 8.22. The van der Waals surface area contributed by atoms with Gasteiger partial charge >= 0.3 is 12.1 Å². The van der Waals surface area contributed by atoms with E-state index < -0.39 is 30.1 Å². The van der Waals surface area contributed by atoms with Gasteiger partial charge < -0.3 is 15.6 Å². The molecule has 2 aromatic heterocycles. The molecule has 2 unspecified atom stereocenters. The molecule has 2 aromatic carbocycles. The van der Waals surface area contributed by atoms with Crippen molar-refractivity contribution in [1.29, 1.82) is 0 Å². The zero-order valence-corrected chi connectivity index (χ0v) is 24.2. The van der Waals surface area contributed by atoms with Crippen LogP contribution in [0.5, 0.6) is 5.88 Å². The second-order valence-corrected chi connectivity index (χ2v) is 11.2. The first-order chi connectivity index (χ1) is 19.5. The lowest BCUT2D eigenvalue weighted by molar-refractivity contribution is -0.198. The molecule has 1 aliphatic rings. The van der Waals surface area contributed by atoms with Gasteiger partial charge in [-0.1, -0.05) is 35.9 Å². The fraction of sp³-hybridized carbons (Fsp3) is 0.276. The van der Waals surface area contributed by atoms with Gasteiger partial charge in [-0.25, -0.2) is 14.4 Å². The third-order valence-electron chi connectivity index (χ3n) is 7.07. The van der Waals surface area contributed by atoms with Crippen molar-refractivity contribution in [3.05, 3.63) is 82.2 Å². The molecule has 0 fully saturated rings. The lowest BCUT2D eigenvalue weighted by Gasteiger charge is -2.24. The molecule has 42 heavy (non-hydrogen) atoms. The van der Waals surface area contributed by atoms with E-state index in [0.29, 0.717) is 35.0 Å². The molecule has 3 N–H and O–H groups in total. The summed E-state index contributed by atoms with van der Waals surface area (Å²) >= 11 is 7.31. The van der Waals surface area contributed by atoms with Crippen LogP contribution in [0.2, 0.25) is 5.02 Å². The van der Waals surface area contributed by atoms with Crippen molar-refractivity contribution in [3.8, 4) is 17.0 Å². The second-order valence-electron chi connectivity index (χ2n) is 9.83. The van der Waals surface area contributed by atoms with Crippen LogP contribution in [0.3, 0.4) is 0 Å². The number of thiophene rings is 1. The van der Waals surface area contributed by atoms with Crippen molar-refractivity contribution >= 4 is 57.1 Å². The summed E-state index contributed by atoms with van der Waals surface area (Å²) in [6.07, 6.45) is -1.64. The highest BCUT2D eigenvalue weighted by Crippen LogP contribution is 2.45. The Morgan fingerprint density at radius 1 is 1.17 bits per heavy atom. The number of carboxylic acids is 1. The molecular weight excluding hydrogens is 617 g/mol. The highest BCUT2D eigenvalue weighted by molar-refractivity contribution is 7.17. The minimum Gasteiger partial charge on any atom is -0.480 e. The second kappa shape index (κ2) is 12.9. The van der Waals surface area contributed by atoms with Gasteiger partial charge in [-0.15, -0.1) is 23.7 Å². The molecule has 3 atom stereocenters. The van der Waals surface area contributed by atoms with Gasteiger partial charge in [0.15, 0.2) is 0 Å². The van der Waals surface area contributed by atoms with E-state index in [1.165, 1.54) is 48.0 Å². The maximum Gasteiger partial charge on any atom is 0.429 e. The van der Waals surface area contributed by atoms with Gasteiger partial charge in [0.1, 0.15) is 22.9 Å². The number of benzene rings is 2. The van der Waals surface area contributed by atoms with Crippen LogP contribution in [0, 0.1) is 11.7 Å². The molecule has 222 valence electrons. The number of ether oxygens (including phenoxy) is 1. The molecule has 5 rings (SSSR count). The van der Waals surface area contributed by atoms with Crippen molar-refractivity contribution in [1.82, 2.24) is 9.97 Å². The van der Waals surface area contributed by atoms with Crippen molar-refractivity contribution in [2.75, 3.05) is 0 Å². The molecule has 0 bridgehead atoms. The van der Waals surface area contributed by atoms with Crippen molar-refractivity contribution in [2.24, 2.45) is 11.7 Å². The number of fused-ring (bicyclic) bond motifs is 1. The molecule has 0 radical (unpaired) electrons. The molecule has 1 aliphatic carbocycles. The predicted octanol–water partition coefficient (Wildman–Crippen LogP) is 8.24. The Labute approximate surface area is 253 Å². The first kappa shape index (κ1) is 31.7. The number of hydrogen-bond donors (Lipinski definition) is 2. The van der Waals surface area contributed by atoms with E-state index in [2.05, 4.69) is 9.97 Å². The van der Waals surface area contributed by atoms with Crippen LogP contribution < -0.4 is 10.5 Å². The van der Waals surface area contributed by atoms with Crippen LogP contribution in [-0.2, 0) is 4.79 Å². The van der Waals surface area contributed by atoms with Gasteiger partial charge in [0.05, 0.1) is 5.52 Å². The van der Waals surface area contributed by atoms with E-state index in [4.69, 9.17) is 27.2 Å². The highest BCUT2D eigenvalue weighted by atomic mass is 35.5. The number of allylic oxidation sites excluding steroid dienone is 2. The Morgan fingerprint density at radius 3 is 2.55 bits per heavy atom. The first-order valence-electron chi connectivity index (χ1n) is 12.7. The third-order valence-corrected chi connectivity index (χ3v) is 8.26. The Morgan fingerprint density at radius 2 is 1.90 bits per heavy atom. The molecule has 2 heterocycles. The lowest BCUT2D eigenvalue weighted by Crippen LogP contribution is -2.32. The fourth-order valence-electron chi connectivity index (χ4n) is 5.00. The molecule has 0 saturated carbocycles. The topological polar surface area (TPSA) is 98.3 Å². The van der Waals surface area contributed by atoms with E-state index in [-0.39, 0.29) is 40.4 Å². The van der Waals surface area contributed by atoms with Gasteiger partial charge in [0.25, 0.3) is 0 Å². The number of nitrogens with two attached hydrogens (primary N) is 1. The van der Waals surface area contributed by atoms with E-state index in [9.17, 15) is 22.4 Å². The lowest BCUT2D eigenvalue weighted by atomic mass is 9.83. The van der Waals surface area contributed by atoms with E-state index in [0.717, 1.165) is 29.7 Å². The highest BCUT2D eigenvalue weighted by Gasteiger charge is 2.45. The van der Waals surface area contributed by atoms with Crippen molar-refractivity contribution < 1.29 is 32.2 Å². The largest absolute Gasteiger partial charge is 0.480 e. The molecular formula is C29H25Cl2F4N3O3S. The van der Waals surface area contributed by atoms with Crippen molar-refractivity contribution in [3.63, 3.8) is 0 Å². The Balaban J connectivity index is 0.00000405. The molecule has 0 amide bonds. The number of aliphatic carboxylic acids is 1. The standard InChI is InChI=1S/C29H24ClF4N3O3S.ClH/c30-18-7-10-20(21(12-18)16-5-8-19(31)9-6-16)26(29(32,33)34)40-27-25-24(36-14-37-27)22(13-41-25)17-3-1-15(2-4-17)11-23(35)28(38)39;/h3,5-10,12-15,23,26H,1-2,4,11,35H2,(H,38,39);1H/t15?,23-,26?;/m0./s1. The molecule has 13 heteroatoms. The van der Waals surface area contributed by atoms with Crippen LogP contribution in [0.1, 0.15) is 42.9 Å². The number of aromatic nitrogens is 2. The summed E-state index contributed by atoms with van der Waals surface area (Å²) in [7, 11) is 0. The van der Waals surface area contributed by atoms with Gasteiger partial charge in [0.2, 0.25) is 12.0 Å². The first-order valence-corrected chi connectivity index (χ1v) is 14.0. The summed E-state index contributed by atoms with van der Waals surface area (Å²) in [6, 6.07) is 8.13. The zero-order chi connectivity index (χ0) is 29.3. The minimum absolute atomic E-state index is 0. The molecule has 0 aliphatic heterocycles. The zero-order valence-electron chi connectivity index (χ0n) is 21.8. The summed E-state index contributed by atoms with van der Waals surface area (Å²) < 4.78 is 63.0. The van der Waals surface area contributed by atoms with E-state index >= 15 is 0 Å². The SMILES string of the molecule is Cl.N[C@@H](CC1CC=C(c2csc3c(OC(c4ccc(Cl)cc4-c4ccc(F)cc4)C(F)(F)F)ncnc23)CC1)C(=O)O. The van der Waals surface area contributed by atoms with Crippen LogP contribution in [0.15, 0.2) is 60.2 Å². The maximum absolute atomic E-state index is 14.5. The average molecular weight is 643 g/mol. The summed E-state index contributed by atoms with van der Waals surface area (Å²) in [5.74, 6) is -1.64. The number of halogens is 6. The monoisotopic (exact) mass is 641 g/mol. The molecule has 0 saturated heterocycles. The van der Waals surface area contributed by atoms with Gasteiger partial charge in [-0.3, -0.25) is 4.79 Å². The van der Waals surface area contributed by atoms with E-state index in [1.54, 1.807) is 0 Å². The van der Waals surface area contributed by atoms with Crippen LogP contribution >= 0.6 is 35.3 Å². The van der Waals surface area contributed by atoms with Crippen LogP contribution in [-0.4, -0.2) is 33.3 Å². The number of carbonyl (C=O) groups is 1. The number of carboxylic acid groups (broad SMARTS) is 1.